The van der Waals surface area contributed by atoms with Crippen molar-refractivity contribution in [3.63, 3.8) is 0 Å². The van der Waals surface area contributed by atoms with Crippen LogP contribution in [0.1, 0.15) is 0 Å². The maximum absolute atomic E-state index is 9.51. The van der Waals surface area contributed by atoms with E-state index in [0.717, 1.165) is 26.3 Å². The summed E-state index contributed by atoms with van der Waals surface area (Å²) in [5.41, 5.74) is 0. The molecule has 98 valence electrons. The van der Waals surface area contributed by atoms with Gasteiger partial charge in [-0.05, 0) is 0 Å². The summed E-state index contributed by atoms with van der Waals surface area (Å²) in [4.78, 5) is 0. The van der Waals surface area contributed by atoms with Crippen LogP contribution in [0.5, 0.6) is 0 Å². The van der Waals surface area contributed by atoms with Crippen molar-refractivity contribution in [3.8, 4) is 0 Å². The second-order valence-corrected chi connectivity index (χ2v) is 4.34. The molecule has 1 rings (SSSR count). The maximum Gasteiger partial charge on any atom is 0.425 e. The zero-order chi connectivity index (χ0) is 12.7. The third-order valence-electron chi connectivity index (χ3n) is 1.05. The third-order valence-corrected chi connectivity index (χ3v) is 1.61. The summed E-state index contributed by atoms with van der Waals surface area (Å²) in [6, 6.07) is 0. The molecule has 16 heavy (non-hydrogen) atoms. The van der Waals surface area contributed by atoms with Gasteiger partial charge in [0.1, 0.15) is 0 Å². The van der Waals surface area contributed by atoms with Crippen LogP contribution in [0.25, 0.3) is 0 Å². The van der Waals surface area contributed by atoms with E-state index in [-0.39, 0.29) is 0 Å². The molecule has 1 saturated heterocycles. The first-order valence-electron chi connectivity index (χ1n) is 3.82. The van der Waals surface area contributed by atoms with E-state index in [9.17, 15) is 16.8 Å². The van der Waals surface area contributed by atoms with Crippen LogP contribution in [0, 0.1) is 0 Å². The van der Waals surface area contributed by atoms with Crippen molar-refractivity contribution in [3.05, 3.63) is 0 Å². The number of rotatable bonds is 3. The first-order chi connectivity index (χ1) is 7.21. The monoisotopic (exact) mass is 281 g/mol. The van der Waals surface area contributed by atoms with Crippen molar-refractivity contribution in [2.24, 2.45) is 0 Å². The minimum atomic E-state index is -5.02. The number of hydrogen-bond donors (Lipinski definition) is 3. The minimum Gasteiger partial charge on any atom is -0.379 e. The third kappa shape index (κ3) is 13.7. The van der Waals surface area contributed by atoms with E-state index >= 15 is 0 Å². The second-order valence-electron chi connectivity index (χ2n) is 2.35. The standard InChI is InChI=1S/C4H9NO.H2O8S2/c1-3-6-4-2-5-1;1-9(2,3)7-8-10(4,5)6/h5H,1-4H2;(H,1,2,3)(H,4,5,6). The zero-order valence-corrected chi connectivity index (χ0v) is 9.53. The summed E-state index contributed by atoms with van der Waals surface area (Å²) in [7, 11) is -10.0. The molecule has 0 aromatic heterocycles. The molecule has 1 heterocycles. The second kappa shape index (κ2) is 7.08. The average molecular weight is 281 g/mol. The largest absolute Gasteiger partial charge is 0.425 e. The highest BCUT2D eigenvalue weighted by molar-refractivity contribution is 7.83. The Morgan fingerprint density at radius 3 is 1.44 bits per heavy atom. The highest BCUT2D eigenvalue weighted by atomic mass is 32.3. The van der Waals surface area contributed by atoms with E-state index in [4.69, 9.17) is 13.8 Å². The molecule has 3 N–H and O–H groups in total. The van der Waals surface area contributed by atoms with Gasteiger partial charge < -0.3 is 10.1 Å². The van der Waals surface area contributed by atoms with Gasteiger partial charge in [0.15, 0.2) is 0 Å². The van der Waals surface area contributed by atoms with Crippen LogP contribution in [0.4, 0.5) is 0 Å². The fourth-order valence-corrected chi connectivity index (χ4v) is 1.15. The molecule has 0 aromatic carbocycles. The van der Waals surface area contributed by atoms with E-state index in [0.29, 0.717) is 0 Å². The molecule has 0 radical (unpaired) electrons. The number of hydrogen-bond acceptors (Lipinski definition) is 8. The minimum absolute atomic E-state index is 0.889. The van der Waals surface area contributed by atoms with Crippen LogP contribution in [-0.2, 0) is 34.2 Å². The molecule has 0 unspecified atom stereocenters. The lowest BCUT2D eigenvalue weighted by molar-refractivity contribution is -0.105. The fourth-order valence-electron chi connectivity index (χ4n) is 0.586. The molecular weight excluding hydrogens is 270 g/mol. The van der Waals surface area contributed by atoms with E-state index in [1.807, 2.05) is 0 Å². The van der Waals surface area contributed by atoms with Crippen molar-refractivity contribution in [2.75, 3.05) is 26.3 Å². The average Bonchev–Trinajstić information content (AvgIpc) is 2.17. The van der Waals surface area contributed by atoms with Gasteiger partial charge >= 0.3 is 20.8 Å². The lowest BCUT2D eigenvalue weighted by atomic mass is 10.5. The van der Waals surface area contributed by atoms with Crippen LogP contribution >= 0.6 is 0 Å². The Bertz CT molecular complexity index is 325. The SMILES string of the molecule is C1COCCN1.O=S(=O)(O)OOS(=O)(=O)O. The summed E-state index contributed by atoms with van der Waals surface area (Å²) in [6.45, 7) is 3.83. The molecule has 1 aliphatic rings. The van der Waals surface area contributed by atoms with Crippen molar-refractivity contribution < 1.29 is 39.3 Å². The van der Waals surface area contributed by atoms with Crippen LogP contribution in [-0.4, -0.2) is 52.2 Å². The van der Waals surface area contributed by atoms with Gasteiger partial charge in [0.25, 0.3) is 0 Å². The molecule has 0 amide bonds. The molecule has 0 aromatic rings. The van der Waals surface area contributed by atoms with Gasteiger partial charge in [-0.3, -0.25) is 9.11 Å². The highest BCUT2D eigenvalue weighted by Gasteiger charge is 2.13. The normalized spacial score (nSPS) is 17.4. The van der Waals surface area contributed by atoms with Crippen LogP contribution in [0.2, 0.25) is 0 Å². The van der Waals surface area contributed by atoms with Gasteiger partial charge in [0.2, 0.25) is 0 Å². The maximum atomic E-state index is 9.51. The highest BCUT2D eigenvalue weighted by Crippen LogP contribution is 1.92. The Labute approximate surface area is 92.3 Å². The molecule has 10 nitrogen and oxygen atoms in total. The lowest BCUT2D eigenvalue weighted by Crippen LogP contribution is -2.30. The summed E-state index contributed by atoms with van der Waals surface area (Å²) < 4.78 is 63.9. The van der Waals surface area contributed by atoms with Gasteiger partial charge in [0, 0.05) is 13.1 Å². The van der Waals surface area contributed by atoms with Crippen molar-refractivity contribution in [2.45, 2.75) is 0 Å². The van der Waals surface area contributed by atoms with Crippen molar-refractivity contribution in [1.29, 1.82) is 0 Å². The van der Waals surface area contributed by atoms with Crippen LogP contribution < -0.4 is 5.32 Å². The smallest absolute Gasteiger partial charge is 0.379 e. The molecule has 0 saturated carbocycles. The predicted molar refractivity (Wildman–Crippen MR) is 49.0 cm³/mol. The van der Waals surface area contributed by atoms with Crippen molar-refractivity contribution in [1.82, 2.24) is 5.32 Å². The molecule has 1 aliphatic heterocycles. The predicted octanol–water partition coefficient (Wildman–Crippen LogP) is -1.85. The first kappa shape index (κ1) is 15.7. The lowest BCUT2D eigenvalue weighted by Gasteiger charge is -2.10. The van der Waals surface area contributed by atoms with E-state index in [1.165, 1.54) is 0 Å². The molecule has 1 fully saturated rings. The van der Waals surface area contributed by atoms with Gasteiger partial charge in [-0.1, -0.05) is 8.67 Å². The Morgan fingerprint density at radius 2 is 1.31 bits per heavy atom. The van der Waals surface area contributed by atoms with Gasteiger partial charge in [-0.15, -0.1) is 0 Å². The molecular formula is C4H11NO9S2. The van der Waals surface area contributed by atoms with Gasteiger partial charge in [0.05, 0.1) is 13.2 Å². The Balaban J connectivity index is 0.000000315. The van der Waals surface area contributed by atoms with Crippen LogP contribution in [0.15, 0.2) is 0 Å². The topological polar surface area (TPSA) is 148 Å². The molecule has 0 spiro atoms. The van der Waals surface area contributed by atoms with E-state index in [1.54, 1.807) is 0 Å². The molecule has 0 aliphatic carbocycles. The number of ether oxygens (including phenoxy) is 1. The Kier molecular flexibility index (Phi) is 6.93. The summed E-state index contributed by atoms with van der Waals surface area (Å²) in [5, 5.41) is 3.16. The first-order valence-corrected chi connectivity index (χ1v) is 6.55. The Morgan fingerprint density at radius 1 is 0.938 bits per heavy atom. The summed E-state index contributed by atoms with van der Waals surface area (Å²) in [6.07, 6.45) is 0. The molecule has 0 atom stereocenters. The summed E-state index contributed by atoms with van der Waals surface area (Å²) in [5.74, 6) is 0. The molecule has 0 bridgehead atoms. The number of nitrogens with one attached hydrogen (secondary N) is 1. The summed E-state index contributed by atoms with van der Waals surface area (Å²) >= 11 is 0. The Hall–Kier alpha value is -0.340. The van der Waals surface area contributed by atoms with Gasteiger partial charge in [-0.25, -0.2) is 0 Å². The van der Waals surface area contributed by atoms with Crippen LogP contribution in [0.3, 0.4) is 0 Å². The zero-order valence-electron chi connectivity index (χ0n) is 7.90. The fraction of sp³-hybridized carbons (Fsp3) is 1.00. The quantitative estimate of drug-likeness (QED) is 0.305. The van der Waals surface area contributed by atoms with Gasteiger partial charge in [-0.2, -0.15) is 16.8 Å². The number of morpholine rings is 1. The molecule has 12 heteroatoms. The van der Waals surface area contributed by atoms with Crippen molar-refractivity contribution >= 4 is 20.8 Å². The van der Waals surface area contributed by atoms with E-state index < -0.39 is 20.8 Å². The van der Waals surface area contributed by atoms with E-state index in [2.05, 4.69) is 14.0 Å².